The summed E-state index contributed by atoms with van der Waals surface area (Å²) < 4.78 is 34.4. The zero-order chi connectivity index (χ0) is 30.2. The van der Waals surface area contributed by atoms with Gasteiger partial charge in [-0.2, -0.15) is 0 Å². The minimum atomic E-state index is -4.12. The highest BCUT2D eigenvalue weighted by Gasteiger charge is 2.34. The lowest BCUT2D eigenvalue weighted by Gasteiger charge is -2.34. The lowest BCUT2D eigenvalue weighted by molar-refractivity contribution is -0.141. The predicted octanol–water partition coefficient (Wildman–Crippen LogP) is 5.31. The number of amides is 2. The molecule has 0 aromatic heterocycles. The molecule has 9 heteroatoms. The summed E-state index contributed by atoms with van der Waals surface area (Å²) in [6, 6.07) is 21.5. The minimum Gasteiger partial charge on any atom is -0.494 e. The summed E-state index contributed by atoms with van der Waals surface area (Å²) in [6.07, 6.45) is 0.355. The molecule has 3 rings (SSSR count). The van der Waals surface area contributed by atoms with Crippen molar-refractivity contribution >= 4 is 27.5 Å². The van der Waals surface area contributed by atoms with E-state index in [0.29, 0.717) is 24.5 Å². The van der Waals surface area contributed by atoms with Crippen molar-refractivity contribution in [3.8, 4) is 5.75 Å². The van der Waals surface area contributed by atoms with Gasteiger partial charge in [-0.1, -0.05) is 55.0 Å². The molecule has 0 spiro atoms. The van der Waals surface area contributed by atoms with Gasteiger partial charge in [-0.15, -0.1) is 0 Å². The number of nitrogens with zero attached hydrogens (tertiary/aromatic N) is 2. The van der Waals surface area contributed by atoms with E-state index in [0.717, 1.165) is 15.4 Å². The maximum Gasteiger partial charge on any atom is 0.264 e. The van der Waals surface area contributed by atoms with Gasteiger partial charge < -0.3 is 15.0 Å². The molecule has 0 heterocycles. The zero-order valence-corrected chi connectivity index (χ0v) is 25.6. The molecule has 0 aliphatic carbocycles. The quantitative estimate of drug-likeness (QED) is 0.314. The second kappa shape index (κ2) is 13.7. The van der Waals surface area contributed by atoms with Crippen LogP contribution in [-0.2, 0) is 26.2 Å². The van der Waals surface area contributed by atoms with Crippen LogP contribution in [0.2, 0.25) is 0 Å². The molecule has 0 saturated heterocycles. The van der Waals surface area contributed by atoms with Crippen LogP contribution in [0.25, 0.3) is 0 Å². The third-order valence-electron chi connectivity index (χ3n) is 6.37. The summed E-state index contributed by atoms with van der Waals surface area (Å²) in [5.41, 5.74) is 1.67. The highest BCUT2D eigenvalue weighted by Crippen LogP contribution is 2.27. The minimum absolute atomic E-state index is 0.0597. The Labute approximate surface area is 244 Å². The normalized spacial score (nSPS) is 12.3. The van der Waals surface area contributed by atoms with Crippen LogP contribution < -0.4 is 14.4 Å². The van der Waals surface area contributed by atoms with E-state index in [4.69, 9.17) is 4.74 Å². The summed E-state index contributed by atoms with van der Waals surface area (Å²) in [5, 5.41) is 2.98. The number of carbonyl (C=O) groups is 2. The fourth-order valence-corrected chi connectivity index (χ4v) is 5.94. The number of benzene rings is 3. The second-order valence-corrected chi connectivity index (χ2v) is 12.8. The van der Waals surface area contributed by atoms with E-state index >= 15 is 0 Å². The maximum absolute atomic E-state index is 14.1. The first-order valence-electron chi connectivity index (χ1n) is 13.8. The average Bonchev–Trinajstić information content (AvgIpc) is 2.91. The smallest absolute Gasteiger partial charge is 0.264 e. The van der Waals surface area contributed by atoms with Crippen molar-refractivity contribution in [3.63, 3.8) is 0 Å². The van der Waals surface area contributed by atoms with Crippen LogP contribution in [0.4, 0.5) is 5.69 Å². The van der Waals surface area contributed by atoms with Crippen molar-refractivity contribution in [2.75, 3.05) is 17.5 Å². The average molecular weight is 580 g/mol. The summed E-state index contributed by atoms with van der Waals surface area (Å²) in [4.78, 5) is 29.1. The van der Waals surface area contributed by atoms with Gasteiger partial charge in [0.2, 0.25) is 11.8 Å². The summed E-state index contributed by atoms with van der Waals surface area (Å²) in [7, 11) is -4.12. The number of anilines is 1. The monoisotopic (exact) mass is 579 g/mol. The standard InChI is InChI=1S/C32H41N3O5S/c1-7-29(31(37)33-32(4,5)6)34(22-25-14-12-13-24(3)21-25)30(36)23-35(26-17-19-27(20-18-26)40-8-2)41(38,39)28-15-10-9-11-16-28/h9-21,29H,7-8,22-23H2,1-6H3,(H,33,37)/t29-/m1/s1. The van der Waals surface area contributed by atoms with Gasteiger partial charge in [0.15, 0.2) is 0 Å². The van der Waals surface area contributed by atoms with E-state index in [9.17, 15) is 18.0 Å². The third kappa shape index (κ3) is 8.57. The fraction of sp³-hybridized carbons (Fsp3) is 0.375. The van der Waals surface area contributed by atoms with E-state index in [1.807, 2.05) is 65.8 Å². The van der Waals surface area contributed by atoms with Gasteiger partial charge >= 0.3 is 0 Å². The van der Waals surface area contributed by atoms with E-state index in [1.165, 1.54) is 17.0 Å². The molecule has 0 unspecified atom stereocenters. The molecule has 41 heavy (non-hydrogen) atoms. The second-order valence-electron chi connectivity index (χ2n) is 10.9. The number of hydrogen-bond acceptors (Lipinski definition) is 5. The van der Waals surface area contributed by atoms with E-state index in [-0.39, 0.29) is 17.3 Å². The molecule has 0 aliphatic rings. The molecule has 2 amide bonds. The van der Waals surface area contributed by atoms with E-state index in [1.54, 1.807) is 42.5 Å². The number of sulfonamides is 1. The topological polar surface area (TPSA) is 96.0 Å². The highest BCUT2D eigenvalue weighted by molar-refractivity contribution is 7.92. The van der Waals surface area contributed by atoms with Crippen LogP contribution in [0.3, 0.4) is 0 Å². The molecule has 220 valence electrons. The number of carbonyl (C=O) groups excluding carboxylic acids is 2. The summed E-state index contributed by atoms with van der Waals surface area (Å²) in [6.45, 7) is 11.4. The van der Waals surface area contributed by atoms with Crippen LogP contribution in [0, 0.1) is 6.92 Å². The van der Waals surface area contributed by atoms with Gasteiger partial charge in [0.25, 0.3) is 10.0 Å². The Bertz CT molecular complexity index is 1420. The van der Waals surface area contributed by atoms with E-state index in [2.05, 4.69) is 5.32 Å². The van der Waals surface area contributed by atoms with Crippen molar-refractivity contribution < 1.29 is 22.7 Å². The zero-order valence-electron chi connectivity index (χ0n) is 24.8. The largest absolute Gasteiger partial charge is 0.494 e. The molecular weight excluding hydrogens is 538 g/mol. The van der Waals surface area contributed by atoms with Gasteiger partial charge in [0, 0.05) is 12.1 Å². The summed E-state index contributed by atoms with van der Waals surface area (Å²) >= 11 is 0. The lowest BCUT2D eigenvalue weighted by Crippen LogP contribution is -2.55. The van der Waals surface area contributed by atoms with Crippen LogP contribution in [0.1, 0.15) is 52.2 Å². The van der Waals surface area contributed by atoms with Crippen LogP contribution in [-0.4, -0.2) is 49.9 Å². The van der Waals surface area contributed by atoms with Crippen molar-refractivity contribution in [2.45, 2.75) is 71.0 Å². The van der Waals surface area contributed by atoms with E-state index < -0.39 is 34.1 Å². The number of ether oxygens (including phenoxy) is 1. The Morgan fingerprint density at radius 1 is 0.927 bits per heavy atom. The molecule has 0 fully saturated rings. The molecule has 3 aromatic carbocycles. The molecule has 0 saturated carbocycles. The first kappa shape index (κ1) is 31.7. The molecule has 0 radical (unpaired) electrons. The fourth-order valence-electron chi connectivity index (χ4n) is 4.50. The number of nitrogens with one attached hydrogen (secondary N) is 1. The Balaban J connectivity index is 2.06. The number of rotatable bonds is 12. The molecule has 1 N–H and O–H groups in total. The number of aryl methyl sites for hydroxylation is 1. The third-order valence-corrected chi connectivity index (χ3v) is 8.15. The SMILES string of the molecule is CCOc1ccc(N(CC(=O)N(Cc2cccc(C)c2)[C@H](CC)C(=O)NC(C)(C)C)S(=O)(=O)c2ccccc2)cc1. The van der Waals surface area contributed by atoms with Gasteiger partial charge in [-0.3, -0.25) is 13.9 Å². The van der Waals surface area contributed by atoms with Crippen molar-refractivity contribution in [2.24, 2.45) is 0 Å². The molecular formula is C32H41N3O5S. The Morgan fingerprint density at radius 2 is 1.59 bits per heavy atom. The van der Waals surface area contributed by atoms with Gasteiger partial charge in [-0.25, -0.2) is 8.42 Å². The van der Waals surface area contributed by atoms with Gasteiger partial charge in [0.1, 0.15) is 18.3 Å². The van der Waals surface area contributed by atoms with Crippen LogP contribution >= 0.6 is 0 Å². The molecule has 0 bridgehead atoms. The van der Waals surface area contributed by atoms with Crippen LogP contribution in [0.15, 0.2) is 83.8 Å². The first-order valence-corrected chi connectivity index (χ1v) is 15.3. The lowest BCUT2D eigenvalue weighted by atomic mass is 10.0. The van der Waals surface area contributed by atoms with Crippen molar-refractivity contribution in [1.29, 1.82) is 0 Å². The van der Waals surface area contributed by atoms with Gasteiger partial charge in [0.05, 0.1) is 17.2 Å². The molecule has 3 aromatic rings. The Morgan fingerprint density at radius 3 is 2.15 bits per heavy atom. The van der Waals surface area contributed by atoms with Gasteiger partial charge in [-0.05, 0) is 83.0 Å². The molecule has 1 atom stereocenters. The molecule has 0 aliphatic heterocycles. The highest BCUT2D eigenvalue weighted by atomic mass is 32.2. The molecule has 8 nitrogen and oxygen atoms in total. The Hall–Kier alpha value is -3.85. The first-order chi connectivity index (χ1) is 19.4. The number of hydrogen-bond donors (Lipinski definition) is 1. The predicted molar refractivity (Wildman–Crippen MR) is 162 cm³/mol. The summed E-state index contributed by atoms with van der Waals surface area (Å²) in [5.74, 6) is -0.194. The van der Waals surface area contributed by atoms with Crippen molar-refractivity contribution in [3.05, 3.63) is 90.0 Å². The Kier molecular flexibility index (Phi) is 10.6. The maximum atomic E-state index is 14.1. The van der Waals surface area contributed by atoms with Crippen molar-refractivity contribution in [1.82, 2.24) is 10.2 Å². The van der Waals surface area contributed by atoms with Crippen LogP contribution in [0.5, 0.6) is 5.75 Å².